The Morgan fingerprint density at radius 1 is 1.36 bits per heavy atom. The van der Waals surface area contributed by atoms with Gasteiger partial charge in [0.05, 0.1) is 0 Å². The van der Waals surface area contributed by atoms with Crippen LogP contribution in [0.4, 0.5) is 8.78 Å². The van der Waals surface area contributed by atoms with Crippen LogP contribution < -0.4 is 0 Å². The largest absolute Gasteiger partial charge is 0.249 e. The van der Waals surface area contributed by atoms with Crippen molar-refractivity contribution in [2.75, 3.05) is 5.88 Å². The highest BCUT2D eigenvalue weighted by atomic mass is 35.5. The van der Waals surface area contributed by atoms with Gasteiger partial charge in [-0.3, -0.25) is 0 Å². The molecular formula is C8H13ClF2. The molecule has 66 valence electrons. The SMILES string of the molecule is CC(C)C1(CCl)CC(F)(F)C1. The van der Waals surface area contributed by atoms with E-state index < -0.39 is 5.92 Å². The van der Waals surface area contributed by atoms with E-state index in [2.05, 4.69) is 0 Å². The summed E-state index contributed by atoms with van der Waals surface area (Å²) in [6.45, 7) is 3.91. The molecule has 1 fully saturated rings. The highest BCUT2D eigenvalue weighted by Gasteiger charge is 2.57. The molecular weight excluding hydrogens is 170 g/mol. The summed E-state index contributed by atoms with van der Waals surface area (Å²) < 4.78 is 25.0. The van der Waals surface area contributed by atoms with Crippen LogP contribution in [0.25, 0.3) is 0 Å². The van der Waals surface area contributed by atoms with Crippen molar-refractivity contribution in [1.82, 2.24) is 0 Å². The highest BCUT2D eigenvalue weighted by Crippen LogP contribution is 2.56. The summed E-state index contributed by atoms with van der Waals surface area (Å²) in [6.07, 6.45) is -0.0532. The number of alkyl halides is 3. The molecule has 1 saturated carbocycles. The first-order valence-electron chi connectivity index (χ1n) is 3.86. The molecule has 0 heterocycles. The molecule has 0 aliphatic heterocycles. The quantitative estimate of drug-likeness (QED) is 0.575. The Balaban J connectivity index is 2.57. The summed E-state index contributed by atoms with van der Waals surface area (Å²) in [5.41, 5.74) is -0.287. The van der Waals surface area contributed by atoms with Crippen molar-refractivity contribution < 1.29 is 8.78 Å². The Bertz CT molecular complexity index is 146. The Labute approximate surface area is 70.9 Å². The minimum atomic E-state index is -2.45. The Morgan fingerprint density at radius 3 is 1.91 bits per heavy atom. The lowest BCUT2D eigenvalue weighted by Gasteiger charge is -2.49. The zero-order valence-corrected chi connectivity index (χ0v) is 7.59. The fourth-order valence-corrected chi connectivity index (χ4v) is 2.13. The first-order valence-corrected chi connectivity index (χ1v) is 4.39. The van der Waals surface area contributed by atoms with Crippen LogP contribution in [0, 0.1) is 11.3 Å². The van der Waals surface area contributed by atoms with E-state index in [1.165, 1.54) is 0 Å². The van der Waals surface area contributed by atoms with Crippen molar-refractivity contribution in [2.24, 2.45) is 11.3 Å². The maximum absolute atomic E-state index is 12.5. The van der Waals surface area contributed by atoms with Gasteiger partial charge < -0.3 is 0 Å². The lowest BCUT2D eigenvalue weighted by Crippen LogP contribution is -2.50. The number of halogens is 3. The smallest absolute Gasteiger partial charge is 0.207 e. The van der Waals surface area contributed by atoms with Crippen LogP contribution in [-0.4, -0.2) is 11.8 Å². The molecule has 0 saturated heterocycles. The van der Waals surface area contributed by atoms with Crippen molar-refractivity contribution in [2.45, 2.75) is 32.6 Å². The first-order chi connectivity index (χ1) is 4.92. The fourth-order valence-electron chi connectivity index (χ4n) is 1.64. The van der Waals surface area contributed by atoms with Crippen LogP contribution in [0.3, 0.4) is 0 Å². The zero-order valence-electron chi connectivity index (χ0n) is 6.83. The Morgan fingerprint density at radius 2 is 1.82 bits per heavy atom. The molecule has 1 aliphatic rings. The molecule has 0 unspecified atom stereocenters. The van der Waals surface area contributed by atoms with E-state index in [9.17, 15) is 8.78 Å². The minimum absolute atomic E-state index is 0.0266. The van der Waals surface area contributed by atoms with Crippen molar-refractivity contribution >= 4 is 11.6 Å². The first kappa shape index (κ1) is 9.24. The van der Waals surface area contributed by atoms with Gasteiger partial charge in [-0.1, -0.05) is 13.8 Å². The third kappa shape index (κ3) is 1.51. The molecule has 1 aliphatic carbocycles. The summed E-state index contributed by atoms with van der Waals surface area (Å²) in [4.78, 5) is 0. The molecule has 0 aromatic rings. The maximum Gasteiger partial charge on any atom is 0.249 e. The second-order valence-corrected chi connectivity index (χ2v) is 4.13. The summed E-state index contributed by atoms with van der Waals surface area (Å²) in [6, 6.07) is 0. The summed E-state index contributed by atoms with van der Waals surface area (Å²) in [5, 5.41) is 0. The van der Waals surface area contributed by atoms with E-state index in [4.69, 9.17) is 11.6 Å². The van der Waals surface area contributed by atoms with Gasteiger partial charge in [0.15, 0.2) is 0 Å². The second-order valence-electron chi connectivity index (χ2n) is 3.86. The number of rotatable bonds is 2. The third-order valence-electron chi connectivity index (χ3n) is 2.71. The normalized spacial score (nSPS) is 26.7. The number of hydrogen-bond acceptors (Lipinski definition) is 0. The molecule has 0 bridgehead atoms. The molecule has 0 atom stereocenters. The Hall–Kier alpha value is 0.150. The number of hydrogen-bond donors (Lipinski definition) is 0. The molecule has 0 aromatic heterocycles. The second kappa shape index (κ2) is 2.58. The average Bonchev–Trinajstić information content (AvgIpc) is 1.81. The predicted octanol–water partition coefficient (Wildman–Crippen LogP) is 3.30. The van der Waals surface area contributed by atoms with Crippen LogP contribution in [0.2, 0.25) is 0 Å². The van der Waals surface area contributed by atoms with Gasteiger partial charge in [-0.15, -0.1) is 11.6 Å². The van der Waals surface area contributed by atoms with E-state index in [1.807, 2.05) is 13.8 Å². The molecule has 3 heteroatoms. The minimum Gasteiger partial charge on any atom is -0.207 e. The molecule has 1 rings (SSSR count). The summed E-state index contributed by atoms with van der Waals surface area (Å²) >= 11 is 5.65. The monoisotopic (exact) mass is 182 g/mol. The van der Waals surface area contributed by atoms with Crippen molar-refractivity contribution in [3.63, 3.8) is 0 Å². The van der Waals surface area contributed by atoms with E-state index in [-0.39, 0.29) is 24.2 Å². The van der Waals surface area contributed by atoms with Gasteiger partial charge in [-0.25, -0.2) is 8.78 Å². The Kier molecular flexibility index (Phi) is 2.17. The van der Waals surface area contributed by atoms with Crippen molar-refractivity contribution in [3.05, 3.63) is 0 Å². The van der Waals surface area contributed by atoms with Crippen molar-refractivity contribution in [1.29, 1.82) is 0 Å². The van der Waals surface area contributed by atoms with Crippen molar-refractivity contribution in [3.8, 4) is 0 Å². The van der Waals surface area contributed by atoms with Crippen LogP contribution in [0.15, 0.2) is 0 Å². The molecule has 0 amide bonds. The third-order valence-corrected chi connectivity index (χ3v) is 3.24. The standard InChI is InChI=1S/C8H13ClF2/c1-6(2)7(5-9)3-8(10,11)4-7/h6H,3-5H2,1-2H3. The van der Waals surface area contributed by atoms with Gasteiger partial charge in [0.1, 0.15) is 0 Å². The molecule has 11 heavy (non-hydrogen) atoms. The van der Waals surface area contributed by atoms with Gasteiger partial charge in [-0.05, 0) is 11.3 Å². The molecule has 0 spiro atoms. The zero-order chi connectivity index (χ0) is 8.70. The van der Waals surface area contributed by atoms with Gasteiger partial charge in [0.25, 0.3) is 0 Å². The van der Waals surface area contributed by atoms with Crippen LogP contribution in [0.5, 0.6) is 0 Å². The van der Waals surface area contributed by atoms with Crippen LogP contribution in [-0.2, 0) is 0 Å². The lowest BCUT2D eigenvalue weighted by molar-refractivity contribution is -0.168. The van der Waals surface area contributed by atoms with Gasteiger partial charge in [-0.2, -0.15) is 0 Å². The highest BCUT2D eigenvalue weighted by molar-refractivity contribution is 6.18. The summed E-state index contributed by atoms with van der Waals surface area (Å²) in [7, 11) is 0. The molecule has 0 N–H and O–H groups in total. The molecule has 0 aromatic carbocycles. The lowest BCUT2D eigenvalue weighted by atomic mass is 9.61. The molecule has 0 nitrogen and oxygen atoms in total. The van der Waals surface area contributed by atoms with Gasteiger partial charge in [0, 0.05) is 18.7 Å². The fraction of sp³-hybridized carbons (Fsp3) is 1.00. The average molecular weight is 183 g/mol. The molecule has 0 radical (unpaired) electrons. The van der Waals surface area contributed by atoms with Gasteiger partial charge in [0.2, 0.25) is 5.92 Å². The van der Waals surface area contributed by atoms with E-state index in [1.54, 1.807) is 0 Å². The van der Waals surface area contributed by atoms with Gasteiger partial charge >= 0.3 is 0 Å². The van der Waals surface area contributed by atoms with E-state index in [0.717, 1.165) is 0 Å². The predicted molar refractivity (Wildman–Crippen MR) is 42.2 cm³/mol. The van der Waals surface area contributed by atoms with Crippen LogP contribution in [0.1, 0.15) is 26.7 Å². The van der Waals surface area contributed by atoms with E-state index in [0.29, 0.717) is 5.88 Å². The topological polar surface area (TPSA) is 0 Å². The maximum atomic E-state index is 12.5. The van der Waals surface area contributed by atoms with Crippen LogP contribution >= 0.6 is 11.6 Å². The summed E-state index contributed by atoms with van der Waals surface area (Å²) in [5.74, 6) is -1.82. The van der Waals surface area contributed by atoms with E-state index >= 15 is 0 Å².